The minimum Gasteiger partial charge on any atom is -0.484 e. The molecule has 0 saturated heterocycles. The fourth-order valence-electron chi connectivity index (χ4n) is 3.41. The fraction of sp³-hybridized carbons (Fsp3) is 0.385. The summed E-state index contributed by atoms with van der Waals surface area (Å²) in [5.74, 6) is -0.841. The van der Waals surface area contributed by atoms with Crippen LogP contribution in [0.15, 0.2) is 54.6 Å². The number of halogens is 1. The van der Waals surface area contributed by atoms with Gasteiger partial charge >= 0.3 is 5.97 Å². The van der Waals surface area contributed by atoms with E-state index in [0.717, 1.165) is 6.54 Å². The van der Waals surface area contributed by atoms with Crippen LogP contribution in [0.5, 0.6) is 5.75 Å². The molecule has 178 valence electrons. The molecule has 0 unspecified atom stereocenters. The number of amides is 1. The number of carboxylic acids is 1. The lowest BCUT2D eigenvalue weighted by Crippen LogP contribution is -2.40. The van der Waals surface area contributed by atoms with Gasteiger partial charge in [0, 0.05) is 26.2 Å². The lowest BCUT2D eigenvalue weighted by Gasteiger charge is -2.29. The molecule has 0 aliphatic heterocycles. The van der Waals surface area contributed by atoms with Crippen LogP contribution < -0.4 is 4.74 Å². The fourth-order valence-corrected chi connectivity index (χ4v) is 3.41. The van der Waals surface area contributed by atoms with Gasteiger partial charge in [0.25, 0.3) is 0 Å². The van der Waals surface area contributed by atoms with Crippen molar-refractivity contribution in [1.29, 1.82) is 0 Å². The van der Waals surface area contributed by atoms with Gasteiger partial charge in [-0.3, -0.25) is 9.69 Å². The summed E-state index contributed by atoms with van der Waals surface area (Å²) < 4.78 is 20.5. The monoisotopic (exact) mass is 456 g/mol. The normalized spacial score (nSPS) is 12.2. The van der Waals surface area contributed by atoms with Gasteiger partial charge < -0.3 is 14.7 Å². The third-order valence-corrected chi connectivity index (χ3v) is 5.51. The van der Waals surface area contributed by atoms with E-state index in [4.69, 9.17) is 9.84 Å². The number of aromatic carboxylic acids is 1. The Hall–Kier alpha value is -3.19. The van der Waals surface area contributed by atoms with E-state index >= 15 is 0 Å². The third kappa shape index (κ3) is 7.71. The van der Waals surface area contributed by atoms with Crippen LogP contribution in [0.1, 0.15) is 48.4 Å². The summed E-state index contributed by atoms with van der Waals surface area (Å²) in [6.07, 6.45) is 2.81. The Balaban J connectivity index is 2.21. The van der Waals surface area contributed by atoms with Gasteiger partial charge in [-0.05, 0) is 74.9 Å². The number of aryl methyl sites for hydroxylation is 1. The molecule has 1 N–H and O–H groups in total. The number of likely N-dealkylation sites (N-methyl/N-ethyl adjacent to an activating group) is 2. The minimum absolute atomic E-state index is 0.0250. The number of carbonyl (C=O) groups is 2. The molecule has 0 saturated carbocycles. The number of rotatable bonds is 12. The molecule has 0 spiro atoms. The van der Waals surface area contributed by atoms with Crippen molar-refractivity contribution in [2.24, 2.45) is 0 Å². The van der Waals surface area contributed by atoms with Crippen molar-refractivity contribution in [2.45, 2.75) is 33.8 Å². The van der Waals surface area contributed by atoms with Crippen LogP contribution in [0.25, 0.3) is 0 Å². The van der Waals surface area contributed by atoms with Gasteiger partial charge in [-0.15, -0.1) is 0 Å². The lowest BCUT2D eigenvalue weighted by atomic mass is 10.1. The lowest BCUT2D eigenvalue weighted by molar-refractivity contribution is -0.126. The molecular formula is C26H33FN2O4. The molecule has 0 heterocycles. The Morgan fingerprint density at radius 1 is 1.09 bits per heavy atom. The number of hydrogen-bond acceptors (Lipinski definition) is 4. The van der Waals surface area contributed by atoms with Crippen LogP contribution in [0.4, 0.5) is 4.39 Å². The topological polar surface area (TPSA) is 70.1 Å². The predicted octanol–water partition coefficient (Wildman–Crippen LogP) is 4.70. The van der Waals surface area contributed by atoms with Crippen LogP contribution in [0.3, 0.4) is 0 Å². The third-order valence-electron chi connectivity index (χ3n) is 5.51. The van der Waals surface area contributed by atoms with E-state index in [-0.39, 0.29) is 17.3 Å². The first kappa shape index (κ1) is 26.1. The SMILES string of the molecule is C/C=C/C(=O)N(CC)CCN(CC)C[C@H](Oc1ccc(C(=O)O)cc1)c1ccc(C)c(F)c1. The second-order valence-corrected chi connectivity index (χ2v) is 7.76. The van der Waals surface area contributed by atoms with Crippen LogP contribution in [0.2, 0.25) is 0 Å². The van der Waals surface area contributed by atoms with Gasteiger partial charge in [-0.2, -0.15) is 0 Å². The van der Waals surface area contributed by atoms with Crippen LogP contribution in [0, 0.1) is 12.7 Å². The van der Waals surface area contributed by atoms with E-state index in [1.54, 1.807) is 42.2 Å². The summed E-state index contributed by atoms with van der Waals surface area (Å²) in [6.45, 7) is 10.5. The standard InChI is InChI=1S/C26H33FN2O4/c1-5-8-25(30)29(7-3)16-15-28(6-2)18-24(21-10-9-19(4)23(27)17-21)33-22-13-11-20(12-14-22)26(31)32/h5,8-14,17,24H,6-7,15-16,18H2,1-4H3,(H,31,32)/b8-5+/t24-/m0/s1. The number of nitrogens with zero attached hydrogens (tertiary/aromatic N) is 2. The smallest absolute Gasteiger partial charge is 0.335 e. The first-order chi connectivity index (χ1) is 15.8. The number of benzene rings is 2. The molecule has 2 aromatic carbocycles. The molecule has 0 fully saturated rings. The zero-order valence-electron chi connectivity index (χ0n) is 19.8. The van der Waals surface area contributed by atoms with E-state index in [1.807, 2.05) is 26.8 Å². The molecule has 0 aliphatic carbocycles. The molecule has 0 aliphatic rings. The first-order valence-corrected chi connectivity index (χ1v) is 11.2. The highest BCUT2D eigenvalue weighted by molar-refractivity contribution is 5.88. The zero-order chi connectivity index (χ0) is 24.4. The maximum Gasteiger partial charge on any atom is 0.335 e. The summed E-state index contributed by atoms with van der Waals surface area (Å²) in [5.41, 5.74) is 1.41. The van der Waals surface area contributed by atoms with E-state index in [2.05, 4.69) is 4.90 Å². The second-order valence-electron chi connectivity index (χ2n) is 7.76. The van der Waals surface area contributed by atoms with Gasteiger partial charge in [0.15, 0.2) is 0 Å². The zero-order valence-corrected chi connectivity index (χ0v) is 19.8. The first-order valence-electron chi connectivity index (χ1n) is 11.2. The highest BCUT2D eigenvalue weighted by Crippen LogP contribution is 2.25. The highest BCUT2D eigenvalue weighted by atomic mass is 19.1. The number of carbonyl (C=O) groups excluding carboxylic acids is 1. The summed E-state index contributed by atoms with van der Waals surface area (Å²) in [6, 6.07) is 11.2. The molecule has 33 heavy (non-hydrogen) atoms. The second kappa shape index (κ2) is 12.7. The summed E-state index contributed by atoms with van der Waals surface area (Å²) >= 11 is 0. The van der Waals surface area contributed by atoms with Gasteiger partial charge in [0.2, 0.25) is 5.91 Å². The molecule has 0 bridgehead atoms. The van der Waals surface area contributed by atoms with Gasteiger partial charge in [0.05, 0.1) is 5.56 Å². The summed E-state index contributed by atoms with van der Waals surface area (Å²) in [5, 5.41) is 9.12. The van der Waals surface area contributed by atoms with Crippen molar-refractivity contribution in [3.8, 4) is 5.75 Å². The summed E-state index contributed by atoms with van der Waals surface area (Å²) in [7, 11) is 0. The Labute approximate surface area is 195 Å². The maximum absolute atomic E-state index is 14.3. The number of allylic oxidation sites excluding steroid dienone is 1. The van der Waals surface area contributed by atoms with E-state index in [0.29, 0.717) is 43.1 Å². The largest absolute Gasteiger partial charge is 0.484 e. The minimum atomic E-state index is -1.01. The molecule has 6 nitrogen and oxygen atoms in total. The Bertz CT molecular complexity index is 959. The molecule has 2 aromatic rings. The predicted molar refractivity (Wildman–Crippen MR) is 127 cm³/mol. The van der Waals surface area contributed by atoms with Gasteiger partial charge in [-0.25, -0.2) is 9.18 Å². The van der Waals surface area contributed by atoms with Crippen molar-refractivity contribution in [3.05, 3.63) is 77.1 Å². The van der Waals surface area contributed by atoms with Gasteiger partial charge in [0.1, 0.15) is 17.7 Å². The Morgan fingerprint density at radius 3 is 2.33 bits per heavy atom. The van der Waals surface area contributed by atoms with E-state index in [9.17, 15) is 14.0 Å². The van der Waals surface area contributed by atoms with E-state index < -0.39 is 12.1 Å². The Morgan fingerprint density at radius 2 is 1.79 bits per heavy atom. The highest BCUT2D eigenvalue weighted by Gasteiger charge is 2.20. The Kier molecular flexibility index (Phi) is 10.1. The molecule has 1 amide bonds. The molecular weight excluding hydrogens is 423 g/mol. The van der Waals surface area contributed by atoms with Crippen molar-refractivity contribution < 1.29 is 23.8 Å². The van der Waals surface area contributed by atoms with E-state index in [1.165, 1.54) is 18.2 Å². The van der Waals surface area contributed by atoms with Crippen molar-refractivity contribution >= 4 is 11.9 Å². The molecule has 1 atom stereocenters. The van der Waals surface area contributed by atoms with Gasteiger partial charge in [-0.1, -0.05) is 25.1 Å². The van der Waals surface area contributed by atoms with Crippen molar-refractivity contribution in [1.82, 2.24) is 9.80 Å². The molecule has 0 radical (unpaired) electrons. The number of hydrogen-bond donors (Lipinski definition) is 1. The average Bonchev–Trinajstić information content (AvgIpc) is 2.80. The van der Waals surface area contributed by atoms with Crippen LogP contribution in [-0.4, -0.2) is 59.5 Å². The molecule has 7 heteroatoms. The number of ether oxygens (including phenoxy) is 1. The molecule has 2 rings (SSSR count). The summed E-state index contributed by atoms with van der Waals surface area (Å²) in [4.78, 5) is 27.3. The number of carboxylic acid groups (broad SMARTS) is 1. The average molecular weight is 457 g/mol. The van der Waals surface area contributed by atoms with Crippen molar-refractivity contribution in [2.75, 3.05) is 32.7 Å². The maximum atomic E-state index is 14.3. The molecule has 0 aromatic heterocycles. The quantitative estimate of drug-likeness (QED) is 0.469. The van der Waals surface area contributed by atoms with Crippen molar-refractivity contribution in [3.63, 3.8) is 0 Å². The van der Waals surface area contributed by atoms with Crippen LogP contribution >= 0.6 is 0 Å². The van der Waals surface area contributed by atoms with Crippen LogP contribution in [-0.2, 0) is 4.79 Å².